The van der Waals surface area contributed by atoms with E-state index < -0.39 is 0 Å². The van der Waals surface area contributed by atoms with Crippen LogP contribution in [0.1, 0.15) is 51.9 Å². The summed E-state index contributed by atoms with van der Waals surface area (Å²) in [5.74, 6) is 4.38. The van der Waals surface area contributed by atoms with Crippen LogP contribution in [0.4, 0.5) is 0 Å². The second-order valence-corrected chi connectivity index (χ2v) is 7.90. The Labute approximate surface area is 118 Å². The van der Waals surface area contributed by atoms with E-state index in [2.05, 4.69) is 18.9 Å². The standard InChI is InChI=1S/C17H31NO/c1-12-3-6-17(19)16(7-12)11-18(2)10-15-9-13-4-5-14(15)8-13/h12-17,19H,3-11H2,1-2H3. The van der Waals surface area contributed by atoms with Gasteiger partial charge in [-0.15, -0.1) is 0 Å². The van der Waals surface area contributed by atoms with Crippen molar-refractivity contribution in [2.75, 3.05) is 20.1 Å². The molecule has 6 atom stereocenters. The summed E-state index contributed by atoms with van der Waals surface area (Å²) in [6, 6.07) is 0. The highest BCUT2D eigenvalue weighted by molar-refractivity contribution is 4.91. The van der Waals surface area contributed by atoms with E-state index in [0.29, 0.717) is 5.92 Å². The van der Waals surface area contributed by atoms with Gasteiger partial charge in [-0.2, -0.15) is 0 Å². The highest BCUT2D eigenvalue weighted by atomic mass is 16.3. The zero-order valence-corrected chi connectivity index (χ0v) is 12.7. The molecule has 2 nitrogen and oxygen atoms in total. The van der Waals surface area contributed by atoms with E-state index in [0.717, 1.165) is 36.6 Å². The molecule has 0 amide bonds. The molecular weight excluding hydrogens is 234 g/mol. The van der Waals surface area contributed by atoms with Crippen LogP contribution in [0.2, 0.25) is 0 Å². The molecule has 3 saturated carbocycles. The van der Waals surface area contributed by atoms with Crippen molar-refractivity contribution in [2.24, 2.45) is 29.6 Å². The van der Waals surface area contributed by atoms with E-state index in [-0.39, 0.29) is 6.10 Å². The fourth-order valence-corrected chi connectivity index (χ4v) is 5.15. The van der Waals surface area contributed by atoms with Gasteiger partial charge in [0.05, 0.1) is 6.10 Å². The molecule has 0 saturated heterocycles. The van der Waals surface area contributed by atoms with Crippen LogP contribution in [0.15, 0.2) is 0 Å². The Bertz CT molecular complexity index is 306. The van der Waals surface area contributed by atoms with E-state index in [1.807, 2.05) is 0 Å². The first kappa shape index (κ1) is 13.9. The molecular formula is C17H31NO. The lowest BCUT2D eigenvalue weighted by molar-refractivity contribution is 0.0311. The second-order valence-electron chi connectivity index (χ2n) is 7.90. The number of hydrogen-bond donors (Lipinski definition) is 1. The largest absolute Gasteiger partial charge is 0.393 e. The maximum absolute atomic E-state index is 10.2. The molecule has 3 rings (SSSR count). The van der Waals surface area contributed by atoms with E-state index in [9.17, 15) is 5.11 Å². The minimum Gasteiger partial charge on any atom is -0.393 e. The van der Waals surface area contributed by atoms with Crippen LogP contribution < -0.4 is 0 Å². The molecule has 3 aliphatic rings. The van der Waals surface area contributed by atoms with Gasteiger partial charge in [0.2, 0.25) is 0 Å². The van der Waals surface area contributed by atoms with E-state index in [1.54, 1.807) is 0 Å². The van der Waals surface area contributed by atoms with Crippen molar-refractivity contribution in [3.63, 3.8) is 0 Å². The summed E-state index contributed by atoms with van der Waals surface area (Å²) in [7, 11) is 2.28. The zero-order chi connectivity index (χ0) is 13.4. The van der Waals surface area contributed by atoms with E-state index in [1.165, 1.54) is 45.1 Å². The predicted octanol–water partition coefficient (Wildman–Crippen LogP) is 3.15. The SMILES string of the molecule is CC1CCC(O)C(CN(C)CC2CC3CCC2C3)C1. The molecule has 0 aromatic carbocycles. The van der Waals surface area contributed by atoms with Gasteiger partial charge in [-0.25, -0.2) is 0 Å². The Morgan fingerprint density at radius 3 is 2.42 bits per heavy atom. The van der Waals surface area contributed by atoms with Gasteiger partial charge in [0, 0.05) is 13.1 Å². The molecule has 0 heterocycles. The van der Waals surface area contributed by atoms with E-state index in [4.69, 9.17) is 0 Å². The minimum atomic E-state index is -0.0429. The fraction of sp³-hybridized carbons (Fsp3) is 1.00. The first-order valence-electron chi connectivity index (χ1n) is 8.48. The number of fused-ring (bicyclic) bond motifs is 2. The summed E-state index contributed by atoms with van der Waals surface area (Å²) in [5.41, 5.74) is 0. The quantitative estimate of drug-likeness (QED) is 0.844. The molecule has 0 radical (unpaired) electrons. The highest BCUT2D eigenvalue weighted by Gasteiger charge is 2.40. The molecule has 2 heteroatoms. The Morgan fingerprint density at radius 2 is 1.74 bits per heavy atom. The van der Waals surface area contributed by atoms with Gasteiger partial charge < -0.3 is 10.0 Å². The van der Waals surface area contributed by atoms with Crippen LogP contribution in [-0.4, -0.2) is 36.2 Å². The topological polar surface area (TPSA) is 23.5 Å². The maximum atomic E-state index is 10.2. The van der Waals surface area contributed by atoms with Crippen molar-refractivity contribution < 1.29 is 5.11 Å². The Kier molecular flexibility index (Phi) is 4.19. The summed E-state index contributed by atoms with van der Waals surface area (Å²) in [6.07, 6.45) is 9.42. The zero-order valence-electron chi connectivity index (χ0n) is 12.7. The maximum Gasteiger partial charge on any atom is 0.0580 e. The van der Waals surface area contributed by atoms with Crippen molar-refractivity contribution >= 4 is 0 Å². The Morgan fingerprint density at radius 1 is 0.947 bits per heavy atom. The van der Waals surface area contributed by atoms with E-state index >= 15 is 0 Å². The van der Waals surface area contributed by atoms with Crippen LogP contribution in [-0.2, 0) is 0 Å². The van der Waals surface area contributed by atoms with Crippen LogP contribution in [0, 0.1) is 29.6 Å². The lowest BCUT2D eigenvalue weighted by Crippen LogP contribution is -2.39. The molecule has 0 aromatic rings. The van der Waals surface area contributed by atoms with Gasteiger partial charge in [-0.1, -0.05) is 13.3 Å². The average Bonchev–Trinajstić information content (AvgIpc) is 2.96. The third-order valence-electron chi connectivity index (χ3n) is 6.18. The highest BCUT2D eigenvalue weighted by Crippen LogP contribution is 2.48. The first-order valence-corrected chi connectivity index (χ1v) is 8.48. The van der Waals surface area contributed by atoms with Crippen LogP contribution in [0.3, 0.4) is 0 Å². The molecule has 3 aliphatic carbocycles. The summed E-state index contributed by atoms with van der Waals surface area (Å²) < 4.78 is 0. The van der Waals surface area contributed by atoms with Gasteiger partial charge >= 0.3 is 0 Å². The van der Waals surface area contributed by atoms with Gasteiger partial charge in [0.1, 0.15) is 0 Å². The van der Waals surface area contributed by atoms with Gasteiger partial charge in [-0.05, 0) is 75.2 Å². The van der Waals surface area contributed by atoms with Crippen LogP contribution in [0.5, 0.6) is 0 Å². The Balaban J connectivity index is 1.46. The fourth-order valence-electron chi connectivity index (χ4n) is 5.15. The monoisotopic (exact) mass is 265 g/mol. The lowest BCUT2D eigenvalue weighted by Gasteiger charge is -2.35. The minimum absolute atomic E-state index is 0.0429. The summed E-state index contributed by atoms with van der Waals surface area (Å²) in [5, 5.41) is 10.2. The molecule has 6 unspecified atom stereocenters. The van der Waals surface area contributed by atoms with Crippen LogP contribution >= 0.6 is 0 Å². The molecule has 19 heavy (non-hydrogen) atoms. The third-order valence-corrected chi connectivity index (χ3v) is 6.18. The summed E-state index contributed by atoms with van der Waals surface area (Å²) in [6.45, 7) is 4.73. The average molecular weight is 265 g/mol. The number of aliphatic hydroxyl groups excluding tert-OH is 1. The predicted molar refractivity (Wildman–Crippen MR) is 78.9 cm³/mol. The van der Waals surface area contributed by atoms with Gasteiger partial charge in [0.25, 0.3) is 0 Å². The molecule has 0 aromatic heterocycles. The molecule has 2 bridgehead atoms. The van der Waals surface area contributed by atoms with Crippen LogP contribution in [0.25, 0.3) is 0 Å². The van der Waals surface area contributed by atoms with Crippen molar-refractivity contribution in [2.45, 2.75) is 58.0 Å². The Hall–Kier alpha value is -0.0800. The molecule has 110 valence electrons. The lowest BCUT2D eigenvalue weighted by atomic mass is 9.80. The molecule has 1 N–H and O–H groups in total. The van der Waals surface area contributed by atoms with Gasteiger partial charge in [0.15, 0.2) is 0 Å². The van der Waals surface area contributed by atoms with Crippen molar-refractivity contribution in [1.82, 2.24) is 4.90 Å². The molecule has 0 spiro atoms. The molecule has 3 fully saturated rings. The number of rotatable bonds is 4. The number of aliphatic hydroxyl groups is 1. The smallest absolute Gasteiger partial charge is 0.0580 e. The first-order chi connectivity index (χ1) is 9.11. The third kappa shape index (κ3) is 3.16. The van der Waals surface area contributed by atoms with Gasteiger partial charge in [-0.3, -0.25) is 0 Å². The van der Waals surface area contributed by atoms with Crippen molar-refractivity contribution in [3.05, 3.63) is 0 Å². The number of hydrogen-bond acceptors (Lipinski definition) is 2. The number of nitrogens with zero attached hydrogens (tertiary/aromatic N) is 1. The second kappa shape index (κ2) is 5.73. The summed E-state index contributed by atoms with van der Waals surface area (Å²) in [4.78, 5) is 2.53. The van der Waals surface area contributed by atoms with Crippen molar-refractivity contribution in [3.8, 4) is 0 Å². The van der Waals surface area contributed by atoms with Crippen molar-refractivity contribution in [1.29, 1.82) is 0 Å². The molecule has 0 aliphatic heterocycles. The summed E-state index contributed by atoms with van der Waals surface area (Å²) >= 11 is 0. The normalized spacial score (nSPS) is 46.1.